The molecule has 94 valence electrons. The van der Waals surface area contributed by atoms with Crippen molar-refractivity contribution in [2.75, 3.05) is 18.5 Å². The molecule has 0 aliphatic rings. The van der Waals surface area contributed by atoms with Crippen molar-refractivity contribution in [2.45, 2.75) is 13.3 Å². The van der Waals surface area contributed by atoms with Crippen LogP contribution in [0.4, 0.5) is 19.0 Å². The van der Waals surface area contributed by atoms with E-state index in [1.165, 1.54) is 0 Å². The standard InChI is InChI=1S/C10H11F3N2O2/c1-2-17-8(16)3-4-14-10-7(12)5-6(11)9(13)15-10/h5H,2-4H2,1H3,(H,14,15). The van der Waals surface area contributed by atoms with Crippen molar-refractivity contribution in [2.24, 2.45) is 0 Å². The van der Waals surface area contributed by atoms with Gasteiger partial charge in [0.2, 0.25) is 0 Å². The summed E-state index contributed by atoms with van der Waals surface area (Å²) >= 11 is 0. The summed E-state index contributed by atoms with van der Waals surface area (Å²) in [5, 5.41) is 2.38. The van der Waals surface area contributed by atoms with Gasteiger partial charge in [0.25, 0.3) is 5.95 Å². The highest BCUT2D eigenvalue weighted by molar-refractivity contribution is 5.69. The SMILES string of the molecule is CCOC(=O)CCNc1nc(F)c(F)cc1F. The van der Waals surface area contributed by atoms with Crippen molar-refractivity contribution in [1.29, 1.82) is 0 Å². The number of aromatic nitrogens is 1. The zero-order chi connectivity index (χ0) is 12.8. The van der Waals surface area contributed by atoms with E-state index in [0.717, 1.165) is 0 Å². The van der Waals surface area contributed by atoms with Crippen molar-refractivity contribution in [1.82, 2.24) is 4.98 Å². The van der Waals surface area contributed by atoms with Crippen LogP contribution in [0, 0.1) is 17.6 Å². The van der Waals surface area contributed by atoms with Crippen molar-refractivity contribution in [3.05, 3.63) is 23.6 Å². The average molecular weight is 248 g/mol. The predicted molar refractivity (Wildman–Crippen MR) is 53.9 cm³/mol. The number of nitrogens with zero attached hydrogens (tertiary/aromatic N) is 1. The van der Waals surface area contributed by atoms with Crippen LogP contribution in [0.25, 0.3) is 0 Å². The fourth-order valence-electron chi connectivity index (χ4n) is 1.08. The Morgan fingerprint density at radius 3 is 2.76 bits per heavy atom. The highest BCUT2D eigenvalue weighted by Crippen LogP contribution is 2.13. The molecule has 0 aromatic carbocycles. The Morgan fingerprint density at radius 2 is 2.12 bits per heavy atom. The first-order chi connectivity index (χ1) is 8.04. The molecule has 0 radical (unpaired) electrons. The number of carbonyl (C=O) groups excluding carboxylic acids is 1. The van der Waals surface area contributed by atoms with Crippen LogP contribution in [0.2, 0.25) is 0 Å². The van der Waals surface area contributed by atoms with Crippen LogP contribution in [0.5, 0.6) is 0 Å². The van der Waals surface area contributed by atoms with E-state index in [9.17, 15) is 18.0 Å². The van der Waals surface area contributed by atoms with E-state index in [-0.39, 0.29) is 19.6 Å². The van der Waals surface area contributed by atoms with Crippen LogP contribution in [-0.4, -0.2) is 24.1 Å². The maximum Gasteiger partial charge on any atom is 0.307 e. The number of nitrogens with one attached hydrogen (secondary N) is 1. The number of ether oxygens (including phenoxy) is 1. The molecule has 17 heavy (non-hydrogen) atoms. The minimum atomic E-state index is -1.40. The molecule has 0 bridgehead atoms. The molecule has 4 nitrogen and oxygen atoms in total. The Labute approximate surface area is 95.8 Å². The van der Waals surface area contributed by atoms with Crippen molar-refractivity contribution >= 4 is 11.8 Å². The highest BCUT2D eigenvalue weighted by Gasteiger charge is 2.11. The van der Waals surface area contributed by atoms with Crippen LogP contribution < -0.4 is 5.32 Å². The number of hydrogen-bond donors (Lipinski definition) is 1. The van der Waals surface area contributed by atoms with E-state index < -0.39 is 29.4 Å². The van der Waals surface area contributed by atoms with Gasteiger partial charge in [-0.15, -0.1) is 0 Å². The first kappa shape index (κ1) is 13.3. The Balaban J connectivity index is 2.52. The molecule has 0 saturated heterocycles. The summed E-state index contributed by atoms with van der Waals surface area (Å²) < 4.78 is 42.9. The molecule has 7 heteroatoms. The summed E-state index contributed by atoms with van der Waals surface area (Å²) in [5.41, 5.74) is 0. The Kier molecular flexibility index (Phi) is 4.74. The third kappa shape index (κ3) is 3.93. The smallest absolute Gasteiger partial charge is 0.307 e. The zero-order valence-electron chi connectivity index (χ0n) is 9.10. The number of carbonyl (C=O) groups is 1. The average Bonchev–Trinajstić information content (AvgIpc) is 2.26. The first-order valence-electron chi connectivity index (χ1n) is 4.95. The molecule has 1 rings (SSSR count). The van der Waals surface area contributed by atoms with Gasteiger partial charge in [-0.2, -0.15) is 9.37 Å². The maximum atomic E-state index is 13.1. The first-order valence-corrected chi connectivity index (χ1v) is 4.95. The normalized spacial score (nSPS) is 10.1. The van der Waals surface area contributed by atoms with E-state index >= 15 is 0 Å². The molecule has 0 spiro atoms. The number of hydrogen-bond acceptors (Lipinski definition) is 4. The van der Waals surface area contributed by atoms with Crippen LogP contribution in [0.3, 0.4) is 0 Å². The van der Waals surface area contributed by atoms with Gasteiger partial charge in [-0.05, 0) is 6.92 Å². The van der Waals surface area contributed by atoms with E-state index in [4.69, 9.17) is 0 Å². The molecule has 1 heterocycles. The zero-order valence-corrected chi connectivity index (χ0v) is 9.10. The highest BCUT2D eigenvalue weighted by atomic mass is 19.2. The quantitative estimate of drug-likeness (QED) is 0.638. The number of anilines is 1. The van der Waals surface area contributed by atoms with Gasteiger partial charge in [-0.3, -0.25) is 4.79 Å². The van der Waals surface area contributed by atoms with Gasteiger partial charge in [0.05, 0.1) is 13.0 Å². The second-order valence-corrected chi connectivity index (χ2v) is 3.07. The van der Waals surface area contributed by atoms with Gasteiger partial charge >= 0.3 is 5.97 Å². The van der Waals surface area contributed by atoms with E-state index in [2.05, 4.69) is 15.0 Å². The van der Waals surface area contributed by atoms with E-state index in [1.807, 2.05) is 0 Å². The molecule has 0 aliphatic carbocycles. The molecule has 1 aromatic rings. The fourth-order valence-corrected chi connectivity index (χ4v) is 1.08. The summed E-state index contributed by atoms with van der Waals surface area (Å²) in [4.78, 5) is 14.0. The lowest BCUT2D eigenvalue weighted by atomic mass is 10.4. The predicted octanol–water partition coefficient (Wildman–Crippen LogP) is 1.86. The van der Waals surface area contributed by atoms with Crippen LogP contribution in [0.1, 0.15) is 13.3 Å². The number of rotatable bonds is 5. The molecular formula is C10H11F3N2O2. The third-order valence-electron chi connectivity index (χ3n) is 1.81. The molecule has 0 unspecified atom stereocenters. The fraction of sp³-hybridized carbons (Fsp3) is 0.400. The largest absolute Gasteiger partial charge is 0.466 e. The van der Waals surface area contributed by atoms with Crippen LogP contribution >= 0.6 is 0 Å². The second-order valence-electron chi connectivity index (χ2n) is 3.07. The summed E-state index contributed by atoms with van der Waals surface area (Å²) in [6, 6.07) is 0.384. The molecule has 1 N–H and O–H groups in total. The van der Waals surface area contributed by atoms with Crippen LogP contribution in [0.15, 0.2) is 6.07 Å². The number of esters is 1. The summed E-state index contributed by atoms with van der Waals surface area (Å²) in [6.07, 6.45) is -0.0199. The molecule has 0 saturated carbocycles. The van der Waals surface area contributed by atoms with Gasteiger partial charge in [-0.25, -0.2) is 8.78 Å². The maximum absolute atomic E-state index is 13.1. The van der Waals surface area contributed by atoms with Gasteiger partial charge < -0.3 is 10.1 Å². The van der Waals surface area contributed by atoms with Crippen molar-refractivity contribution in [3.63, 3.8) is 0 Å². The van der Waals surface area contributed by atoms with Crippen molar-refractivity contribution in [3.8, 4) is 0 Å². The molecule has 0 aliphatic heterocycles. The minimum absolute atomic E-state index is 0.0199. The lowest BCUT2D eigenvalue weighted by molar-refractivity contribution is -0.142. The Morgan fingerprint density at radius 1 is 1.41 bits per heavy atom. The summed E-state index contributed by atoms with van der Waals surface area (Å²) in [7, 11) is 0. The Bertz CT molecular complexity index is 413. The second kappa shape index (κ2) is 6.07. The molecule has 0 atom stereocenters. The molecule has 0 fully saturated rings. The number of halogens is 3. The summed E-state index contributed by atoms with van der Waals surface area (Å²) in [6.45, 7) is 1.92. The third-order valence-corrected chi connectivity index (χ3v) is 1.81. The molecular weight excluding hydrogens is 237 g/mol. The van der Waals surface area contributed by atoms with Gasteiger partial charge in [-0.1, -0.05) is 0 Å². The van der Waals surface area contributed by atoms with E-state index in [0.29, 0.717) is 6.07 Å². The van der Waals surface area contributed by atoms with Gasteiger partial charge in [0, 0.05) is 12.6 Å². The summed E-state index contributed by atoms with van der Waals surface area (Å²) in [5.74, 6) is -4.69. The molecule has 0 amide bonds. The number of pyridine rings is 1. The monoisotopic (exact) mass is 248 g/mol. The lowest BCUT2D eigenvalue weighted by Crippen LogP contribution is -2.13. The van der Waals surface area contributed by atoms with Crippen LogP contribution in [-0.2, 0) is 9.53 Å². The molecule has 1 aromatic heterocycles. The lowest BCUT2D eigenvalue weighted by Gasteiger charge is -2.06. The van der Waals surface area contributed by atoms with Gasteiger partial charge in [0.15, 0.2) is 17.5 Å². The van der Waals surface area contributed by atoms with Crippen molar-refractivity contribution < 1.29 is 22.7 Å². The minimum Gasteiger partial charge on any atom is -0.466 e. The Hall–Kier alpha value is -1.79. The van der Waals surface area contributed by atoms with E-state index in [1.54, 1.807) is 6.92 Å². The van der Waals surface area contributed by atoms with Gasteiger partial charge in [0.1, 0.15) is 0 Å². The topological polar surface area (TPSA) is 51.2 Å².